The number of amides is 1. The molecule has 0 unspecified atom stereocenters. The molecule has 7 nitrogen and oxygen atoms in total. The van der Waals surface area contributed by atoms with Gasteiger partial charge in [-0.15, -0.1) is 0 Å². The third-order valence-corrected chi connectivity index (χ3v) is 5.03. The van der Waals surface area contributed by atoms with Crippen LogP contribution in [0.15, 0.2) is 42.9 Å². The predicted octanol–water partition coefficient (Wildman–Crippen LogP) is 2.65. The Hall–Kier alpha value is -3.22. The summed E-state index contributed by atoms with van der Waals surface area (Å²) in [6.45, 7) is 0. The van der Waals surface area contributed by atoms with Crippen LogP contribution >= 0.6 is 0 Å². The smallest absolute Gasteiger partial charge is 0.257 e. The van der Waals surface area contributed by atoms with Crippen molar-refractivity contribution in [2.75, 3.05) is 14.2 Å². The molecule has 1 aliphatic carbocycles. The first kappa shape index (κ1) is 17.2. The molecule has 1 aliphatic rings. The van der Waals surface area contributed by atoms with Gasteiger partial charge >= 0.3 is 0 Å². The SMILES string of the molecule is COc1cc2c(cc1OC)[C@H](NC(=O)c1cnn(C)c1-n1cccc1)CC2. The number of nitrogens with one attached hydrogen (secondary N) is 1. The monoisotopic (exact) mass is 366 g/mol. The Kier molecular flexibility index (Phi) is 4.35. The number of aromatic nitrogens is 3. The summed E-state index contributed by atoms with van der Waals surface area (Å²) in [5.41, 5.74) is 2.80. The Bertz CT molecular complexity index is 976. The standard InChI is InChI=1S/C20H22N4O3/c1-23-20(24-8-4-5-9-24)15(12-21-23)19(25)22-16-7-6-13-10-17(26-2)18(27-3)11-14(13)16/h4-5,8-12,16H,6-7H2,1-3H3,(H,22,25)/t16-/m1/s1. The topological polar surface area (TPSA) is 70.3 Å². The predicted molar refractivity (Wildman–Crippen MR) is 101 cm³/mol. The van der Waals surface area contributed by atoms with Crippen LogP contribution in [0.4, 0.5) is 0 Å². The Morgan fingerprint density at radius 2 is 1.89 bits per heavy atom. The number of benzene rings is 1. The van der Waals surface area contributed by atoms with Gasteiger partial charge in [0, 0.05) is 19.4 Å². The summed E-state index contributed by atoms with van der Waals surface area (Å²) in [6.07, 6.45) is 7.13. The molecule has 2 aromatic heterocycles. The second-order valence-corrected chi connectivity index (χ2v) is 6.57. The quantitative estimate of drug-likeness (QED) is 0.754. The van der Waals surface area contributed by atoms with Crippen molar-refractivity contribution in [3.05, 3.63) is 59.5 Å². The number of aryl methyl sites for hydroxylation is 2. The summed E-state index contributed by atoms with van der Waals surface area (Å²) in [7, 11) is 5.07. The first-order valence-electron chi connectivity index (χ1n) is 8.83. The van der Waals surface area contributed by atoms with Gasteiger partial charge in [0.25, 0.3) is 5.91 Å². The van der Waals surface area contributed by atoms with Crippen molar-refractivity contribution in [3.8, 4) is 17.3 Å². The van der Waals surface area contributed by atoms with E-state index in [4.69, 9.17) is 9.47 Å². The maximum Gasteiger partial charge on any atom is 0.257 e. The Balaban J connectivity index is 1.62. The van der Waals surface area contributed by atoms with E-state index in [0.717, 1.165) is 24.2 Å². The van der Waals surface area contributed by atoms with Crippen LogP contribution in [0.3, 0.4) is 0 Å². The molecule has 0 bridgehead atoms. The van der Waals surface area contributed by atoms with E-state index in [1.54, 1.807) is 25.1 Å². The number of methoxy groups -OCH3 is 2. The van der Waals surface area contributed by atoms with Crippen molar-refractivity contribution in [2.45, 2.75) is 18.9 Å². The average molecular weight is 366 g/mol. The van der Waals surface area contributed by atoms with Gasteiger partial charge in [-0.25, -0.2) is 0 Å². The van der Waals surface area contributed by atoms with Gasteiger partial charge in [-0.1, -0.05) is 0 Å². The molecule has 0 saturated carbocycles. The number of carbonyl (C=O) groups is 1. The third kappa shape index (κ3) is 2.95. The molecule has 1 atom stereocenters. The summed E-state index contributed by atoms with van der Waals surface area (Å²) in [4.78, 5) is 13.0. The first-order chi connectivity index (χ1) is 13.1. The molecule has 1 aromatic carbocycles. The second kappa shape index (κ2) is 6.83. The van der Waals surface area contributed by atoms with Crippen LogP contribution in [0.1, 0.15) is 33.9 Å². The molecule has 3 aromatic rings. The number of fused-ring (bicyclic) bond motifs is 1. The normalized spacial score (nSPS) is 15.4. The highest BCUT2D eigenvalue weighted by Gasteiger charge is 2.28. The molecule has 2 heterocycles. The van der Waals surface area contributed by atoms with Gasteiger partial charge in [-0.2, -0.15) is 5.10 Å². The van der Waals surface area contributed by atoms with Crippen molar-refractivity contribution in [2.24, 2.45) is 7.05 Å². The van der Waals surface area contributed by atoms with Crippen molar-refractivity contribution in [1.29, 1.82) is 0 Å². The van der Waals surface area contributed by atoms with Gasteiger partial charge in [0.15, 0.2) is 11.5 Å². The number of hydrogen-bond donors (Lipinski definition) is 1. The second-order valence-electron chi connectivity index (χ2n) is 6.57. The fourth-order valence-corrected chi connectivity index (χ4v) is 3.69. The molecular weight excluding hydrogens is 344 g/mol. The van der Waals surface area contributed by atoms with Crippen LogP contribution in [0.25, 0.3) is 5.82 Å². The molecule has 0 saturated heterocycles. The Morgan fingerprint density at radius 3 is 2.59 bits per heavy atom. The molecule has 1 amide bonds. The van der Waals surface area contributed by atoms with Crippen LogP contribution in [0.5, 0.6) is 11.5 Å². The van der Waals surface area contributed by atoms with Crippen LogP contribution in [0, 0.1) is 0 Å². The summed E-state index contributed by atoms with van der Waals surface area (Å²) in [6, 6.07) is 7.73. The summed E-state index contributed by atoms with van der Waals surface area (Å²) < 4.78 is 14.4. The van der Waals surface area contributed by atoms with E-state index in [1.807, 2.05) is 48.3 Å². The largest absolute Gasteiger partial charge is 0.493 e. The zero-order valence-electron chi connectivity index (χ0n) is 15.6. The Morgan fingerprint density at radius 1 is 1.19 bits per heavy atom. The zero-order valence-corrected chi connectivity index (χ0v) is 15.6. The molecule has 27 heavy (non-hydrogen) atoms. The molecule has 4 rings (SSSR count). The summed E-state index contributed by atoms with van der Waals surface area (Å²) in [5.74, 6) is 1.99. The van der Waals surface area contributed by atoms with Crippen molar-refractivity contribution >= 4 is 5.91 Å². The highest BCUT2D eigenvalue weighted by atomic mass is 16.5. The summed E-state index contributed by atoms with van der Waals surface area (Å²) in [5, 5.41) is 7.41. The number of ether oxygens (including phenoxy) is 2. The molecule has 0 spiro atoms. The van der Waals surface area contributed by atoms with Crippen LogP contribution < -0.4 is 14.8 Å². The van der Waals surface area contributed by atoms with Crippen molar-refractivity contribution in [1.82, 2.24) is 19.7 Å². The van der Waals surface area contributed by atoms with E-state index >= 15 is 0 Å². The third-order valence-electron chi connectivity index (χ3n) is 5.03. The minimum absolute atomic E-state index is 0.0648. The van der Waals surface area contributed by atoms with Gasteiger partial charge in [0.2, 0.25) is 0 Å². The van der Waals surface area contributed by atoms with Gasteiger partial charge in [-0.3, -0.25) is 9.48 Å². The van der Waals surface area contributed by atoms with Crippen LogP contribution in [0.2, 0.25) is 0 Å². The van der Waals surface area contributed by atoms with E-state index in [-0.39, 0.29) is 11.9 Å². The lowest BCUT2D eigenvalue weighted by molar-refractivity contribution is 0.0936. The highest BCUT2D eigenvalue weighted by molar-refractivity contribution is 5.97. The fourth-order valence-electron chi connectivity index (χ4n) is 3.69. The van der Waals surface area contributed by atoms with Gasteiger partial charge in [-0.05, 0) is 48.2 Å². The lowest BCUT2D eigenvalue weighted by Gasteiger charge is -2.16. The fraction of sp³-hybridized carbons (Fsp3) is 0.300. The molecule has 7 heteroatoms. The van der Waals surface area contributed by atoms with E-state index in [2.05, 4.69) is 10.4 Å². The first-order valence-corrected chi connectivity index (χ1v) is 8.83. The molecule has 0 radical (unpaired) electrons. The van der Waals surface area contributed by atoms with E-state index in [0.29, 0.717) is 17.1 Å². The van der Waals surface area contributed by atoms with E-state index in [9.17, 15) is 4.79 Å². The average Bonchev–Trinajstić information content (AvgIpc) is 3.40. The highest BCUT2D eigenvalue weighted by Crippen LogP contribution is 2.39. The number of hydrogen-bond acceptors (Lipinski definition) is 4. The lowest BCUT2D eigenvalue weighted by Crippen LogP contribution is -2.28. The molecular formula is C20H22N4O3. The zero-order chi connectivity index (χ0) is 19.0. The number of carbonyl (C=O) groups excluding carboxylic acids is 1. The minimum atomic E-state index is -0.139. The molecule has 0 aliphatic heterocycles. The van der Waals surface area contributed by atoms with Crippen molar-refractivity contribution in [3.63, 3.8) is 0 Å². The molecule has 0 fully saturated rings. The van der Waals surface area contributed by atoms with Crippen molar-refractivity contribution < 1.29 is 14.3 Å². The van der Waals surface area contributed by atoms with Gasteiger partial charge < -0.3 is 19.4 Å². The lowest BCUT2D eigenvalue weighted by atomic mass is 10.1. The molecule has 140 valence electrons. The van der Waals surface area contributed by atoms with E-state index in [1.165, 1.54) is 5.56 Å². The maximum absolute atomic E-state index is 13.0. The van der Waals surface area contributed by atoms with Crippen LogP contribution in [-0.2, 0) is 13.5 Å². The number of nitrogens with zero attached hydrogens (tertiary/aromatic N) is 3. The maximum atomic E-state index is 13.0. The number of rotatable bonds is 5. The van der Waals surface area contributed by atoms with E-state index < -0.39 is 0 Å². The molecule has 1 N–H and O–H groups in total. The minimum Gasteiger partial charge on any atom is -0.493 e. The van der Waals surface area contributed by atoms with Gasteiger partial charge in [0.1, 0.15) is 11.4 Å². The van der Waals surface area contributed by atoms with Crippen LogP contribution in [-0.4, -0.2) is 34.5 Å². The van der Waals surface area contributed by atoms with Gasteiger partial charge in [0.05, 0.1) is 26.5 Å². The summed E-state index contributed by atoms with van der Waals surface area (Å²) >= 11 is 0. The Labute approximate surface area is 157 Å².